The lowest BCUT2D eigenvalue weighted by Crippen LogP contribution is -2.22. The van der Waals surface area contributed by atoms with Crippen LogP contribution in [0.25, 0.3) is 10.9 Å². The molecule has 0 atom stereocenters. The lowest BCUT2D eigenvalue weighted by Gasteiger charge is -2.10. The second kappa shape index (κ2) is 7.71. The van der Waals surface area contributed by atoms with Gasteiger partial charge in [0.05, 0.1) is 12.1 Å². The summed E-state index contributed by atoms with van der Waals surface area (Å²) in [6.07, 6.45) is 4.35. The third-order valence-electron chi connectivity index (χ3n) is 3.50. The van der Waals surface area contributed by atoms with Crippen LogP contribution in [-0.4, -0.2) is 47.1 Å². The number of aromatic nitrogens is 1. The van der Waals surface area contributed by atoms with Crippen LogP contribution in [0.4, 0.5) is 0 Å². The van der Waals surface area contributed by atoms with Gasteiger partial charge in [-0.15, -0.1) is 0 Å². The Morgan fingerprint density at radius 3 is 2.71 bits per heavy atom. The van der Waals surface area contributed by atoms with Crippen molar-refractivity contribution in [2.45, 2.75) is 12.8 Å². The van der Waals surface area contributed by atoms with E-state index < -0.39 is 5.91 Å². The maximum Gasteiger partial charge on any atom is 0.248 e. The number of rotatable bonds is 3. The summed E-state index contributed by atoms with van der Waals surface area (Å²) in [4.78, 5) is 17.3. The summed E-state index contributed by atoms with van der Waals surface area (Å²) >= 11 is 0. The minimum Gasteiger partial charge on any atom is -0.395 e. The first-order valence-electron chi connectivity index (χ1n) is 7.18. The van der Waals surface area contributed by atoms with Crippen LogP contribution in [0.5, 0.6) is 0 Å². The monoisotopic (exact) mass is 287 g/mol. The SMILES string of the molecule is NC(=O)c1ccc2ncccc2c1.OCCN1CCCC1. The molecule has 1 amide bonds. The molecule has 1 fully saturated rings. The Balaban J connectivity index is 0.000000173. The van der Waals surface area contributed by atoms with E-state index in [0.29, 0.717) is 12.2 Å². The maximum absolute atomic E-state index is 10.8. The zero-order chi connectivity index (χ0) is 15.1. The average Bonchev–Trinajstić information content (AvgIpc) is 3.01. The van der Waals surface area contributed by atoms with E-state index in [1.54, 1.807) is 24.4 Å². The number of carbonyl (C=O) groups is 1. The molecule has 1 aromatic heterocycles. The van der Waals surface area contributed by atoms with Crippen LogP contribution < -0.4 is 5.73 Å². The number of nitrogens with zero attached hydrogens (tertiary/aromatic N) is 2. The van der Waals surface area contributed by atoms with Crippen molar-refractivity contribution in [3.8, 4) is 0 Å². The Kier molecular flexibility index (Phi) is 5.66. The van der Waals surface area contributed by atoms with Crippen LogP contribution in [0.3, 0.4) is 0 Å². The fourth-order valence-corrected chi connectivity index (χ4v) is 2.38. The Bertz CT molecular complexity index is 595. The molecule has 0 aliphatic carbocycles. The highest BCUT2D eigenvalue weighted by Gasteiger charge is 2.08. The van der Waals surface area contributed by atoms with E-state index in [4.69, 9.17) is 10.8 Å². The van der Waals surface area contributed by atoms with Gasteiger partial charge in [0.2, 0.25) is 5.91 Å². The summed E-state index contributed by atoms with van der Waals surface area (Å²) in [5.74, 6) is -0.411. The molecule has 5 heteroatoms. The molecule has 0 radical (unpaired) electrons. The highest BCUT2D eigenvalue weighted by molar-refractivity contribution is 5.96. The number of pyridine rings is 1. The molecule has 1 aliphatic rings. The van der Waals surface area contributed by atoms with Gasteiger partial charge in [-0.1, -0.05) is 6.07 Å². The standard InChI is InChI=1S/C10H8N2O.C6H13NO/c11-10(13)8-3-4-9-7(6-8)2-1-5-12-9;8-6-5-7-3-1-2-4-7/h1-6H,(H2,11,13);8H,1-6H2. The number of likely N-dealkylation sites (tertiary alicyclic amines) is 1. The van der Waals surface area contributed by atoms with E-state index in [2.05, 4.69) is 9.88 Å². The number of benzene rings is 1. The van der Waals surface area contributed by atoms with Crippen molar-refractivity contribution in [3.63, 3.8) is 0 Å². The Morgan fingerprint density at radius 1 is 1.29 bits per heavy atom. The minimum atomic E-state index is -0.411. The zero-order valence-electron chi connectivity index (χ0n) is 12.0. The maximum atomic E-state index is 10.8. The number of primary amides is 1. The molecular formula is C16H21N3O2. The molecule has 3 N–H and O–H groups in total. The van der Waals surface area contributed by atoms with Crippen LogP contribution in [0.15, 0.2) is 36.5 Å². The number of carbonyl (C=O) groups excluding carboxylic acids is 1. The molecule has 1 aliphatic heterocycles. The molecule has 0 bridgehead atoms. The molecule has 1 saturated heterocycles. The summed E-state index contributed by atoms with van der Waals surface area (Å²) < 4.78 is 0. The van der Waals surface area contributed by atoms with E-state index in [1.165, 1.54) is 25.9 Å². The fraction of sp³-hybridized carbons (Fsp3) is 0.375. The molecule has 5 nitrogen and oxygen atoms in total. The Morgan fingerprint density at radius 2 is 2.05 bits per heavy atom. The molecule has 0 unspecified atom stereocenters. The van der Waals surface area contributed by atoms with Crippen molar-refractivity contribution in [2.75, 3.05) is 26.2 Å². The summed E-state index contributed by atoms with van der Waals surface area (Å²) in [7, 11) is 0. The van der Waals surface area contributed by atoms with Crippen molar-refractivity contribution < 1.29 is 9.90 Å². The van der Waals surface area contributed by atoms with Gasteiger partial charge in [0.25, 0.3) is 0 Å². The predicted octanol–water partition coefficient (Wildman–Crippen LogP) is 1.41. The second-order valence-electron chi connectivity index (χ2n) is 5.05. The van der Waals surface area contributed by atoms with Gasteiger partial charge in [0.15, 0.2) is 0 Å². The topological polar surface area (TPSA) is 79.5 Å². The van der Waals surface area contributed by atoms with Crippen LogP contribution in [0.1, 0.15) is 23.2 Å². The van der Waals surface area contributed by atoms with Gasteiger partial charge in [0, 0.05) is 23.7 Å². The summed E-state index contributed by atoms with van der Waals surface area (Å²) in [5.41, 5.74) is 6.53. The molecule has 1 aromatic carbocycles. The van der Waals surface area contributed by atoms with Crippen molar-refractivity contribution in [1.29, 1.82) is 0 Å². The number of nitrogens with two attached hydrogens (primary N) is 1. The molecule has 0 spiro atoms. The third kappa shape index (κ3) is 4.51. The number of aliphatic hydroxyl groups excluding tert-OH is 1. The van der Waals surface area contributed by atoms with Crippen LogP contribution in [0, 0.1) is 0 Å². The smallest absolute Gasteiger partial charge is 0.248 e. The lowest BCUT2D eigenvalue weighted by molar-refractivity contribution is 0.100. The Hall–Kier alpha value is -1.98. The number of β-amino-alcohol motifs (C(OH)–C–C–N with tert-alkyl or cyclic N) is 1. The third-order valence-corrected chi connectivity index (χ3v) is 3.50. The van der Waals surface area contributed by atoms with Crippen molar-refractivity contribution in [3.05, 3.63) is 42.1 Å². The second-order valence-corrected chi connectivity index (χ2v) is 5.05. The average molecular weight is 287 g/mol. The molecule has 112 valence electrons. The number of amides is 1. The zero-order valence-corrected chi connectivity index (χ0v) is 12.0. The van der Waals surface area contributed by atoms with Gasteiger partial charge in [-0.2, -0.15) is 0 Å². The van der Waals surface area contributed by atoms with Crippen LogP contribution in [0.2, 0.25) is 0 Å². The number of aliphatic hydroxyl groups is 1. The predicted molar refractivity (Wildman–Crippen MR) is 83.0 cm³/mol. The van der Waals surface area contributed by atoms with Gasteiger partial charge in [-0.05, 0) is 50.2 Å². The van der Waals surface area contributed by atoms with Crippen molar-refractivity contribution in [1.82, 2.24) is 9.88 Å². The van der Waals surface area contributed by atoms with Gasteiger partial charge >= 0.3 is 0 Å². The number of hydrogen-bond donors (Lipinski definition) is 2. The van der Waals surface area contributed by atoms with E-state index in [0.717, 1.165) is 17.4 Å². The fourth-order valence-electron chi connectivity index (χ4n) is 2.38. The van der Waals surface area contributed by atoms with Crippen LogP contribution in [-0.2, 0) is 0 Å². The summed E-state index contributed by atoms with van der Waals surface area (Å²) in [5, 5.41) is 9.41. The first-order valence-corrected chi connectivity index (χ1v) is 7.18. The lowest BCUT2D eigenvalue weighted by atomic mass is 10.1. The highest BCUT2D eigenvalue weighted by Crippen LogP contribution is 2.12. The van der Waals surface area contributed by atoms with Crippen LogP contribution >= 0.6 is 0 Å². The Labute approximate surface area is 124 Å². The first-order chi connectivity index (χ1) is 10.2. The van der Waals surface area contributed by atoms with Gasteiger partial charge in [-0.25, -0.2) is 0 Å². The van der Waals surface area contributed by atoms with Crippen molar-refractivity contribution >= 4 is 16.8 Å². The van der Waals surface area contributed by atoms with Crippen molar-refractivity contribution in [2.24, 2.45) is 5.73 Å². The quantitative estimate of drug-likeness (QED) is 0.894. The summed E-state index contributed by atoms with van der Waals surface area (Å²) in [6.45, 7) is 3.58. The largest absolute Gasteiger partial charge is 0.395 e. The molecule has 3 rings (SSSR count). The van der Waals surface area contributed by atoms with Gasteiger partial charge in [0.1, 0.15) is 0 Å². The van der Waals surface area contributed by atoms with E-state index in [9.17, 15) is 4.79 Å². The first kappa shape index (κ1) is 15.4. The molecule has 2 heterocycles. The molecule has 2 aromatic rings. The van der Waals surface area contributed by atoms with Gasteiger partial charge < -0.3 is 15.7 Å². The van der Waals surface area contributed by atoms with Gasteiger partial charge in [-0.3, -0.25) is 9.78 Å². The van der Waals surface area contributed by atoms with E-state index in [1.807, 2.05) is 12.1 Å². The normalized spacial score (nSPS) is 14.7. The number of fused-ring (bicyclic) bond motifs is 1. The molecule has 21 heavy (non-hydrogen) atoms. The highest BCUT2D eigenvalue weighted by atomic mass is 16.3. The van der Waals surface area contributed by atoms with E-state index in [-0.39, 0.29) is 0 Å². The summed E-state index contributed by atoms with van der Waals surface area (Å²) in [6, 6.07) is 8.93. The molecular weight excluding hydrogens is 266 g/mol. The minimum absolute atomic E-state index is 0.319. The van der Waals surface area contributed by atoms with E-state index >= 15 is 0 Å². The number of hydrogen-bond acceptors (Lipinski definition) is 4. The molecule has 0 saturated carbocycles.